The summed E-state index contributed by atoms with van der Waals surface area (Å²) >= 11 is 3.01. The maximum Gasteiger partial charge on any atom is 0.337 e. The van der Waals surface area contributed by atoms with Crippen LogP contribution in [0, 0.1) is 6.92 Å². The molecule has 2 heterocycles. The van der Waals surface area contributed by atoms with Crippen molar-refractivity contribution in [1.82, 2.24) is 0 Å². The highest BCUT2D eigenvalue weighted by Gasteiger charge is 2.21. The molecule has 0 unspecified atom stereocenters. The number of aryl methyl sites for hydroxylation is 1. The normalized spacial score (nSPS) is 15.2. The van der Waals surface area contributed by atoms with E-state index in [1.807, 2.05) is 23.6 Å². The Morgan fingerprint density at radius 1 is 1.20 bits per heavy atom. The Labute approximate surface area is 154 Å². The molecule has 0 spiro atoms. The quantitative estimate of drug-likeness (QED) is 0.805. The molecule has 6 nitrogen and oxygen atoms in total. The number of carboxylic acids is 1. The van der Waals surface area contributed by atoms with Crippen LogP contribution in [0.15, 0.2) is 34.5 Å². The summed E-state index contributed by atoms with van der Waals surface area (Å²) in [6.07, 6.45) is 0. The molecule has 134 valence electrons. The van der Waals surface area contributed by atoms with Crippen molar-refractivity contribution in [2.24, 2.45) is 0 Å². The molecule has 0 saturated carbocycles. The summed E-state index contributed by atoms with van der Waals surface area (Å²) in [7, 11) is -3.71. The molecular weight excluding hydrogens is 380 g/mol. The van der Waals surface area contributed by atoms with Gasteiger partial charge in [-0.3, -0.25) is 4.72 Å². The molecule has 0 atom stereocenters. The molecule has 1 aromatic carbocycles. The molecular formula is C16H18N2O4S3. The van der Waals surface area contributed by atoms with Crippen LogP contribution in [-0.2, 0) is 10.0 Å². The molecule has 1 aliphatic heterocycles. The van der Waals surface area contributed by atoms with E-state index in [1.165, 1.54) is 17.4 Å². The number of nitrogens with one attached hydrogen (secondary N) is 1. The van der Waals surface area contributed by atoms with Gasteiger partial charge in [-0.2, -0.15) is 11.8 Å². The standard InChI is InChI=1S/C16H18N2O4S3/c1-11-2-5-15(24-11)25(21,22)17-12-3-4-14(13(10-12)16(19)20)18-6-8-23-9-7-18/h2-5,10,17H,6-9H2,1H3,(H,19,20). The molecule has 2 aromatic rings. The monoisotopic (exact) mass is 398 g/mol. The molecule has 9 heteroatoms. The van der Waals surface area contributed by atoms with Crippen LogP contribution in [0.2, 0.25) is 0 Å². The van der Waals surface area contributed by atoms with Gasteiger partial charge in [-0.1, -0.05) is 0 Å². The Morgan fingerprint density at radius 3 is 2.52 bits per heavy atom. The second-order valence-electron chi connectivity index (χ2n) is 5.61. The minimum Gasteiger partial charge on any atom is -0.478 e. The van der Waals surface area contributed by atoms with Gasteiger partial charge in [0.05, 0.1) is 11.3 Å². The minimum atomic E-state index is -3.71. The summed E-state index contributed by atoms with van der Waals surface area (Å²) in [6, 6.07) is 7.95. The first-order chi connectivity index (χ1) is 11.9. The van der Waals surface area contributed by atoms with Gasteiger partial charge in [0.1, 0.15) is 4.21 Å². The molecule has 2 N–H and O–H groups in total. The first kappa shape index (κ1) is 18.1. The van der Waals surface area contributed by atoms with Crippen molar-refractivity contribution in [3.05, 3.63) is 40.8 Å². The molecule has 0 amide bonds. The summed E-state index contributed by atoms with van der Waals surface area (Å²) in [4.78, 5) is 14.6. The number of aromatic carboxylic acids is 1. The number of hydrogen-bond acceptors (Lipinski definition) is 6. The lowest BCUT2D eigenvalue weighted by Crippen LogP contribution is -2.33. The zero-order valence-electron chi connectivity index (χ0n) is 13.6. The van der Waals surface area contributed by atoms with Crippen molar-refractivity contribution in [2.45, 2.75) is 11.1 Å². The van der Waals surface area contributed by atoms with Gasteiger partial charge in [-0.15, -0.1) is 11.3 Å². The van der Waals surface area contributed by atoms with Crippen LogP contribution in [0.25, 0.3) is 0 Å². The minimum absolute atomic E-state index is 0.106. The van der Waals surface area contributed by atoms with Crippen LogP contribution in [0.4, 0.5) is 11.4 Å². The third-order valence-electron chi connectivity index (χ3n) is 3.81. The predicted molar refractivity (Wildman–Crippen MR) is 103 cm³/mol. The molecule has 25 heavy (non-hydrogen) atoms. The van der Waals surface area contributed by atoms with E-state index in [9.17, 15) is 18.3 Å². The van der Waals surface area contributed by atoms with E-state index < -0.39 is 16.0 Å². The van der Waals surface area contributed by atoms with Crippen LogP contribution >= 0.6 is 23.1 Å². The molecule has 0 aliphatic carbocycles. The van der Waals surface area contributed by atoms with Crippen molar-refractivity contribution in [2.75, 3.05) is 34.2 Å². The fourth-order valence-corrected chi connectivity index (χ4v) is 5.85. The third-order valence-corrected chi connectivity index (χ3v) is 7.63. The number of nitrogens with zero attached hydrogens (tertiary/aromatic N) is 1. The molecule has 1 aromatic heterocycles. The second-order valence-corrected chi connectivity index (χ2v) is 10.0. The van der Waals surface area contributed by atoms with Gasteiger partial charge in [0.15, 0.2) is 0 Å². The lowest BCUT2D eigenvalue weighted by molar-refractivity contribution is 0.0697. The average molecular weight is 399 g/mol. The number of sulfonamides is 1. The van der Waals surface area contributed by atoms with Crippen LogP contribution in [-0.4, -0.2) is 44.1 Å². The molecule has 1 aliphatic rings. The van der Waals surface area contributed by atoms with E-state index in [2.05, 4.69) is 4.72 Å². The zero-order chi connectivity index (χ0) is 18.0. The Hall–Kier alpha value is -1.71. The van der Waals surface area contributed by atoms with Crippen LogP contribution in [0.3, 0.4) is 0 Å². The number of thioether (sulfide) groups is 1. The Balaban J connectivity index is 1.90. The molecule has 0 radical (unpaired) electrons. The van der Waals surface area contributed by atoms with E-state index in [0.29, 0.717) is 5.69 Å². The molecule has 3 rings (SSSR count). The third kappa shape index (κ3) is 4.10. The van der Waals surface area contributed by atoms with Crippen LogP contribution in [0.1, 0.15) is 15.2 Å². The van der Waals surface area contributed by atoms with Crippen molar-refractivity contribution < 1.29 is 18.3 Å². The first-order valence-corrected chi connectivity index (χ1v) is 11.1. The highest BCUT2D eigenvalue weighted by Crippen LogP contribution is 2.29. The van der Waals surface area contributed by atoms with Gasteiger partial charge in [0, 0.05) is 35.2 Å². The van der Waals surface area contributed by atoms with Crippen molar-refractivity contribution in [3.63, 3.8) is 0 Å². The fourth-order valence-electron chi connectivity index (χ4n) is 2.61. The zero-order valence-corrected chi connectivity index (χ0v) is 16.0. The largest absolute Gasteiger partial charge is 0.478 e. The van der Waals surface area contributed by atoms with Gasteiger partial charge in [0.2, 0.25) is 0 Å². The molecule has 1 fully saturated rings. The van der Waals surface area contributed by atoms with Gasteiger partial charge < -0.3 is 10.0 Å². The van der Waals surface area contributed by atoms with E-state index in [1.54, 1.807) is 24.3 Å². The van der Waals surface area contributed by atoms with Crippen molar-refractivity contribution in [3.8, 4) is 0 Å². The summed E-state index contributed by atoms with van der Waals surface area (Å²) in [5.74, 6) is 0.831. The number of anilines is 2. The fraction of sp³-hybridized carbons (Fsp3) is 0.312. The Kier molecular flexibility index (Phi) is 5.26. The van der Waals surface area contributed by atoms with Gasteiger partial charge in [-0.25, -0.2) is 13.2 Å². The average Bonchev–Trinajstić information content (AvgIpc) is 3.03. The maximum atomic E-state index is 12.4. The Bertz CT molecular complexity index is 887. The number of benzene rings is 1. The van der Waals surface area contributed by atoms with Crippen molar-refractivity contribution >= 4 is 50.5 Å². The second kappa shape index (κ2) is 7.27. The highest BCUT2D eigenvalue weighted by molar-refractivity contribution is 7.99. The van der Waals surface area contributed by atoms with Crippen molar-refractivity contribution in [1.29, 1.82) is 0 Å². The number of hydrogen-bond donors (Lipinski definition) is 2. The van der Waals surface area contributed by atoms with Gasteiger partial charge in [-0.05, 0) is 37.3 Å². The molecule has 1 saturated heterocycles. The van der Waals surface area contributed by atoms with E-state index in [0.717, 1.165) is 29.5 Å². The number of rotatable bonds is 5. The van der Waals surface area contributed by atoms with Gasteiger partial charge in [0.25, 0.3) is 10.0 Å². The van der Waals surface area contributed by atoms with Crippen LogP contribution < -0.4 is 9.62 Å². The summed E-state index contributed by atoms with van der Waals surface area (Å²) in [5, 5.41) is 9.53. The number of thiophene rings is 1. The smallest absolute Gasteiger partial charge is 0.337 e. The van der Waals surface area contributed by atoms with E-state index >= 15 is 0 Å². The van der Waals surface area contributed by atoms with Crippen LogP contribution in [0.5, 0.6) is 0 Å². The van der Waals surface area contributed by atoms with E-state index in [-0.39, 0.29) is 15.5 Å². The highest BCUT2D eigenvalue weighted by atomic mass is 32.2. The first-order valence-electron chi connectivity index (χ1n) is 7.66. The lowest BCUT2D eigenvalue weighted by Gasteiger charge is -2.29. The molecule has 0 bridgehead atoms. The van der Waals surface area contributed by atoms with E-state index in [4.69, 9.17) is 0 Å². The number of carbonyl (C=O) groups is 1. The summed E-state index contributed by atoms with van der Waals surface area (Å²) in [6.45, 7) is 3.40. The Morgan fingerprint density at radius 2 is 1.92 bits per heavy atom. The SMILES string of the molecule is Cc1ccc(S(=O)(=O)Nc2ccc(N3CCSCC3)c(C(=O)O)c2)s1. The maximum absolute atomic E-state index is 12.4. The topological polar surface area (TPSA) is 86.7 Å². The summed E-state index contributed by atoms with van der Waals surface area (Å²) in [5.41, 5.74) is 0.982. The lowest BCUT2D eigenvalue weighted by atomic mass is 10.1. The predicted octanol–water partition coefficient (Wildman–Crippen LogP) is 3.11. The van der Waals surface area contributed by atoms with Gasteiger partial charge >= 0.3 is 5.97 Å². The summed E-state index contributed by atoms with van der Waals surface area (Å²) < 4.78 is 27.5. The number of carboxylic acid groups (broad SMARTS) is 1.